The van der Waals surface area contributed by atoms with Crippen molar-refractivity contribution in [2.45, 2.75) is 64.1 Å². The minimum absolute atomic E-state index is 0.0378. The monoisotopic (exact) mass is 307 g/mol. The van der Waals surface area contributed by atoms with Crippen LogP contribution in [0.2, 0.25) is 0 Å². The molecule has 1 N–H and O–H groups in total. The van der Waals surface area contributed by atoms with Crippen LogP contribution in [0.4, 0.5) is 0 Å². The molecular formula is C18H29NO3. The van der Waals surface area contributed by atoms with Crippen molar-refractivity contribution < 1.29 is 14.3 Å². The van der Waals surface area contributed by atoms with E-state index in [-0.39, 0.29) is 5.41 Å². The quantitative estimate of drug-likeness (QED) is 0.869. The van der Waals surface area contributed by atoms with Crippen LogP contribution in [0.1, 0.15) is 58.3 Å². The molecule has 0 spiro atoms. The van der Waals surface area contributed by atoms with Crippen LogP contribution in [0.25, 0.3) is 0 Å². The standard InChI is InChI=1S/C18H29NO3/c1-17(21-5-2-6-22-17)3-4-19-16(20)18-10-13-7-14(11-18)9-15(8-13)12-18/h13-15H,2-12H2,1H3,(H,19,20). The average molecular weight is 307 g/mol. The molecule has 124 valence electrons. The molecule has 5 rings (SSSR count). The Balaban J connectivity index is 1.32. The Morgan fingerprint density at radius 3 is 2.14 bits per heavy atom. The highest BCUT2D eigenvalue weighted by atomic mass is 16.7. The normalized spacial score (nSPS) is 42.3. The summed E-state index contributed by atoms with van der Waals surface area (Å²) in [5.41, 5.74) is -0.0378. The third kappa shape index (κ3) is 2.69. The first kappa shape index (κ1) is 14.9. The second-order valence-electron chi connectivity index (χ2n) is 8.39. The lowest BCUT2D eigenvalue weighted by Gasteiger charge is -2.55. The number of carbonyl (C=O) groups excluding carboxylic acids is 1. The van der Waals surface area contributed by atoms with Crippen molar-refractivity contribution in [3.8, 4) is 0 Å². The van der Waals surface area contributed by atoms with Crippen LogP contribution >= 0.6 is 0 Å². The molecule has 4 nitrogen and oxygen atoms in total. The van der Waals surface area contributed by atoms with E-state index in [1.54, 1.807) is 0 Å². The summed E-state index contributed by atoms with van der Waals surface area (Å²) in [6.45, 7) is 4.18. The van der Waals surface area contributed by atoms with Crippen molar-refractivity contribution in [2.75, 3.05) is 19.8 Å². The molecule has 4 saturated carbocycles. The summed E-state index contributed by atoms with van der Waals surface area (Å²) in [6.07, 6.45) is 9.25. The third-order valence-corrected chi connectivity index (χ3v) is 6.49. The van der Waals surface area contributed by atoms with Crippen molar-refractivity contribution in [1.82, 2.24) is 5.32 Å². The van der Waals surface area contributed by atoms with Gasteiger partial charge in [0.1, 0.15) is 0 Å². The minimum atomic E-state index is -0.507. The van der Waals surface area contributed by atoms with Gasteiger partial charge < -0.3 is 14.8 Å². The Hall–Kier alpha value is -0.610. The highest BCUT2D eigenvalue weighted by molar-refractivity contribution is 5.83. The van der Waals surface area contributed by atoms with Crippen molar-refractivity contribution in [3.63, 3.8) is 0 Å². The molecule has 4 heteroatoms. The van der Waals surface area contributed by atoms with Gasteiger partial charge in [0.05, 0.1) is 13.2 Å². The van der Waals surface area contributed by atoms with Gasteiger partial charge in [-0.1, -0.05) is 0 Å². The summed E-state index contributed by atoms with van der Waals surface area (Å²) in [7, 11) is 0. The molecule has 1 saturated heterocycles. The van der Waals surface area contributed by atoms with Gasteiger partial charge in [-0.3, -0.25) is 4.79 Å². The minimum Gasteiger partial charge on any atom is -0.355 e. The van der Waals surface area contributed by atoms with E-state index in [1.165, 1.54) is 19.3 Å². The molecule has 1 heterocycles. The fraction of sp³-hybridized carbons (Fsp3) is 0.944. The zero-order valence-corrected chi connectivity index (χ0v) is 13.7. The zero-order valence-electron chi connectivity index (χ0n) is 13.7. The highest BCUT2D eigenvalue weighted by Gasteiger charge is 2.54. The van der Waals surface area contributed by atoms with Crippen LogP contribution in [-0.2, 0) is 14.3 Å². The van der Waals surface area contributed by atoms with E-state index in [0.717, 1.165) is 63.1 Å². The lowest BCUT2D eigenvalue weighted by Crippen LogP contribution is -2.54. The van der Waals surface area contributed by atoms with Gasteiger partial charge in [-0.05, 0) is 69.6 Å². The summed E-state index contributed by atoms with van der Waals surface area (Å²) in [5.74, 6) is 2.26. The topological polar surface area (TPSA) is 47.6 Å². The summed E-state index contributed by atoms with van der Waals surface area (Å²) in [5, 5.41) is 3.21. The second kappa shape index (κ2) is 5.48. The third-order valence-electron chi connectivity index (χ3n) is 6.49. The largest absolute Gasteiger partial charge is 0.355 e. The number of ether oxygens (including phenoxy) is 2. The van der Waals surface area contributed by atoms with Crippen LogP contribution in [0.15, 0.2) is 0 Å². The summed E-state index contributed by atoms with van der Waals surface area (Å²) in [6, 6.07) is 0. The Morgan fingerprint density at radius 2 is 1.59 bits per heavy atom. The van der Waals surface area contributed by atoms with E-state index in [0.29, 0.717) is 12.5 Å². The van der Waals surface area contributed by atoms with E-state index in [2.05, 4.69) is 5.32 Å². The Morgan fingerprint density at radius 1 is 1.05 bits per heavy atom. The first-order valence-electron chi connectivity index (χ1n) is 9.13. The van der Waals surface area contributed by atoms with E-state index in [9.17, 15) is 4.79 Å². The van der Waals surface area contributed by atoms with Crippen LogP contribution in [0.3, 0.4) is 0 Å². The van der Waals surface area contributed by atoms with Gasteiger partial charge in [0.15, 0.2) is 5.79 Å². The van der Waals surface area contributed by atoms with E-state index in [1.807, 2.05) is 6.92 Å². The SMILES string of the molecule is CC1(CCNC(=O)C23CC4CC(CC(C4)C2)C3)OCCCO1. The molecule has 0 aromatic carbocycles. The van der Waals surface area contributed by atoms with Gasteiger partial charge in [-0.25, -0.2) is 0 Å². The number of carbonyl (C=O) groups is 1. The maximum Gasteiger partial charge on any atom is 0.226 e. The number of amides is 1. The summed E-state index contributed by atoms with van der Waals surface area (Å²) < 4.78 is 11.4. The molecule has 5 fully saturated rings. The predicted molar refractivity (Wildman–Crippen MR) is 83.2 cm³/mol. The molecule has 0 unspecified atom stereocenters. The van der Waals surface area contributed by atoms with Crippen molar-refractivity contribution in [1.29, 1.82) is 0 Å². The van der Waals surface area contributed by atoms with Gasteiger partial charge in [-0.2, -0.15) is 0 Å². The molecule has 0 aromatic heterocycles. The van der Waals surface area contributed by atoms with Crippen LogP contribution in [0.5, 0.6) is 0 Å². The Kier molecular flexibility index (Phi) is 3.73. The van der Waals surface area contributed by atoms with E-state index < -0.39 is 5.79 Å². The number of hydrogen-bond donors (Lipinski definition) is 1. The molecule has 22 heavy (non-hydrogen) atoms. The number of rotatable bonds is 4. The van der Waals surface area contributed by atoms with Crippen molar-refractivity contribution in [2.24, 2.45) is 23.2 Å². The second-order valence-corrected chi connectivity index (χ2v) is 8.39. The smallest absolute Gasteiger partial charge is 0.226 e. The fourth-order valence-electron chi connectivity index (χ4n) is 5.80. The fourth-order valence-corrected chi connectivity index (χ4v) is 5.80. The molecule has 4 bridgehead atoms. The summed E-state index contributed by atoms with van der Waals surface area (Å²) in [4.78, 5) is 12.8. The molecule has 0 atom stereocenters. The highest BCUT2D eigenvalue weighted by Crippen LogP contribution is 2.60. The van der Waals surface area contributed by atoms with Crippen LogP contribution < -0.4 is 5.32 Å². The maximum absolute atomic E-state index is 12.8. The molecule has 4 aliphatic carbocycles. The predicted octanol–water partition coefficient (Wildman–Crippen LogP) is 2.86. The lowest BCUT2D eigenvalue weighted by molar-refractivity contribution is -0.258. The van der Waals surface area contributed by atoms with Crippen molar-refractivity contribution >= 4 is 5.91 Å². The van der Waals surface area contributed by atoms with Crippen LogP contribution in [0, 0.1) is 23.2 Å². The number of nitrogens with one attached hydrogen (secondary N) is 1. The van der Waals surface area contributed by atoms with Crippen LogP contribution in [-0.4, -0.2) is 31.5 Å². The molecule has 1 aliphatic heterocycles. The van der Waals surface area contributed by atoms with Crippen molar-refractivity contribution in [3.05, 3.63) is 0 Å². The molecule has 1 amide bonds. The van der Waals surface area contributed by atoms with Gasteiger partial charge in [-0.15, -0.1) is 0 Å². The van der Waals surface area contributed by atoms with E-state index >= 15 is 0 Å². The summed E-state index contributed by atoms with van der Waals surface area (Å²) >= 11 is 0. The molecule has 0 radical (unpaired) electrons. The van der Waals surface area contributed by atoms with Gasteiger partial charge >= 0.3 is 0 Å². The van der Waals surface area contributed by atoms with E-state index in [4.69, 9.17) is 9.47 Å². The molecular weight excluding hydrogens is 278 g/mol. The molecule has 5 aliphatic rings. The average Bonchev–Trinajstić information content (AvgIpc) is 2.46. The molecule has 0 aromatic rings. The first-order valence-corrected chi connectivity index (χ1v) is 9.13. The zero-order chi connectivity index (χ0) is 15.2. The van der Waals surface area contributed by atoms with Gasteiger partial charge in [0.25, 0.3) is 0 Å². The maximum atomic E-state index is 12.8. The first-order chi connectivity index (χ1) is 10.6. The lowest BCUT2D eigenvalue weighted by atomic mass is 9.49. The Labute approximate surface area is 133 Å². The number of hydrogen-bond acceptors (Lipinski definition) is 3. The van der Waals surface area contributed by atoms with Gasteiger partial charge in [0, 0.05) is 18.4 Å². The van der Waals surface area contributed by atoms with Gasteiger partial charge in [0.2, 0.25) is 5.91 Å². The Bertz CT molecular complexity index is 406.